The van der Waals surface area contributed by atoms with Crippen LogP contribution in [0.25, 0.3) is 11.3 Å². The fourth-order valence-electron chi connectivity index (χ4n) is 4.01. The number of nitrogens with one attached hydrogen (secondary N) is 1. The quantitative estimate of drug-likeness (QED) is 0.608. The molecule has 0 saturated carbocycles. The van der Waals surface area contributed by atoms with Crippen LogP contribution in [0.5, 0.6) is 0 Å². The van der Waals surface area contributed by atoms with E-state index in [0.29, 0.717) is 5.92 Å². The van der Waals surface area contributed by atoms with Crippen LogP contribution in [0.2, 0.25) is 0 Å². The fraction of sp³-hybridized carbons (Fsp3) is 0.333. The summed E-state index contributed by atoms with van der Waals surface area (Å²) in [5.74, 6) is 0.729. The van der Waals surface area contributed by atoms with Gasteiger partial charge in [0.1, 0.15) is 0 Å². The lowest BCUT2D eigenvalue weighted by molar-refractivity contribution is -0.121. The maximum Gasteiger partial charge on any atom is 0.227 e. The van der Waals surface area contributed by atoms with Gasteiger partial charge in [0.25, 0.3) is 0 Å². The van der Waals surface area contributed by atoms with E-state index < -0.39 is 0 Å². The maximum absolute atomic E-state index is 12.8. The van der Waals surface area contributed by atoms with Crippen LogP contribution in [-0.2, 0) is 4.79 Å². The standard InChI is InChI=1S/C24H27N3OS/c1-18(19-6-3-2-4-7-19)15-27-12-10-20(11-13-27)24(28)26-22-9-5-8-21(14-22)23-16-29-17-25-23/h2-9,14,16-18,20H,10-13,15H2,1H3,(H,26,28)/t18-/m0/s1. The Balaban J connectivity index is 1.29. The first-order valence-corrected chi connectivity index (χ1v) is 11.2. The van der Waals surface area contributed by atoms with E-state index in [1.165, 1.54) is 5.56 Å². The molecule has 1 aliphatic heterocycles. The molecule has 0 bridgehead atoms. The Morgan fingerprint density at radius 3 is 2.69 bits per heavy atom. The number of benzene rings is 2. The summed E-state index contributed by atoms with van der Waals surface area (Å²) in [6.45, 7) is 5.29. The molecule has 3 aromatic rings. The maximum atomic E-state index is 12.8. The smallest absolute Gasteiger partial charge is 0.227 e. The molecule has 1 aromatic heterocycles. The van der Waals surface area contributed by atoms with Crippen molar-refractivity contribution in [3.8, 4) is 11.3 Å². The predicted octanol–water partition coefficient (Wildman–Crippen LogP) is 5.26. The number of likely N-dealkylation sites (tertiary alicyclic amines) is 1. The summed E-state index contributed by atoms with van der Waals surface area (Å²) < 4.78 is 0. The molecule has 1 amide bonds. The number of carbonyl (C=O) groups is 1. The molecule has 1 aliphatic rings. The number of piperidine rings is 1. The summed E-state index contributed by atoms with van der Waals surface area (Å²) in [5, 5.41) is 5.13. The molecule has 0 aliphatic carbocycles. The van der Waals surface area contributed by atoms with Gasteiger partial charge in [-0.3, -0.25) is 4.79 Å². The van der Waals surface area contributed by atoms with Crippen molar-refractivity contribution in [3.63, 3.8) is 0 Å². The second kappa shape index (κ2) is 9.33. The third kappa shape index (κ3) is 5.11. The molecule has 150 valence electrons. The van der Waals surface area contributed by atoms with Crippen LogP contribution in [0.3, 0.4) is 0 Å². The van der Waals surface area contributed by atoms with Gasteiger partial charge < -0.3 is 10.2 Å². The lowest BCUT2D eigenvalue weighted by atomic mass is 9.94. The number of aromatic nitrogens is 1. The third-order valence-corrected chi connectivity index (χ3v) is 6.30. The second-order valence-electron chi connectivity index (χ2n) is 7.83. The van der Waals surface area contributed by atoms with Gasteiger partial charge in [0, 0.05) is 29.1 Å². The summed E-state index contributed by atoms with van der Waals surface area (Å²) in [6, 6.07) is 18.6. The Hall–Kier alpha value is -2.50. The molecule has 4 nitrogen and oxygen atoms in total. The van der Waals surface area contributed by atoms with Crippen LogP contribution in [0.15, 0.2) is 65.5 Å². The molecule has 2 heterocycles. The first kappa shape index (κ1) is 19.8. The van der Waals surface area contributed by atoms with Crippen LogP contribution in [0, 0.1) is 5.92 Å². The highest BCUT2D eigenvalue weighted by Gasteiger charge is 2.26. The van der Waals surface area contributed by atoms with E-state index in [1.807, 2.05) is 35.2 Å². The van der Waals surface area contributed by atoms with Gasteiger partial charge >= 0.3 is 0 Å². The van der Waals surface area contributed by atoms with E-state index in [9.17, 15) is 4.79 Å². The molecule has 1 saturated heterocycles. The predicted molar refractivity (Wildman–Crippen MR) is 120 cm³/mol. The summed E-state index contributed by atoms with van der Waals surface area (Å²) >= 11 is 1.58. The van der Waals surface area contributed by atoms with Gasteiger partial charge in [-0.05, 0) is 49.5 Å². The average Bonchev–Trinajstić information content (AvgIpc) is 3.30. The van der Waals surface area contributed by atoms with Crippen molar-refractivity contribution < 1.29 is 4.79 Å². The number of rotatable bonds is 6. The molecule has 0 spiro atoms. The minimum absolute atomic E-state index is 0.0845. The van der Waals surface area contributed by atoms with E-state index in [0.717, 1.165) is 49.4 Å². The molecule has 4 rings (SSSR count). The zero-order valence-electron chi connectivity index (χ0n) is 16.8. The van der Waals surface area contributed by atoms with Crippen molar-refractivity contribution in [1.82, 2.24) is 9.88 Å². The van der Waals surface area contributed by atoms with Gasteiger partial charge in [-0.15, -0.1) is 11.3 Å². The van der Waals surface area contributed by atoms with Crippen molar-refractivity contribution in [2.24, 2.45) is 5.92 Å². The molecule has 0 unspecified atom stereocenters. The van der Waals surface area contributed by atoms with Gasteiger partial charge in [-0.2, -0.15) is 0 Å². The van der Waals surface area contributed by atoms with E-state index in [4.69, 9.17) is 0 Å². The van der Waals surface area contributed by atoms with Crippen molar-refractivity contribution >= 4 is 22.9 Å². The van der Waals surface area contributed by atoms with E-state index >= 15 is 0 Å². The molecule has 2 aromatic carbocycles. The summed E-state index contributed by atoms with van der Waals surface area (Å²) in [6.07, 6.45) is 1.83. The summed E-state index contributed by atoms with van der Waals surface area (Å²) in [5.41, 5.74) is 6.04. The molecule has 1 N–H and O–H groups in total. The first-order chi connectivity index (χ1) is 14.2. The Kier molecular flexibility index (Phi) is 6.37. The highest BCUT2D eigenvalue weighted by molar-refractivity contribution is 7.07. The van der Waals surface area contributed by atoms with Crippen molar-refractivity contribution in [1.29, 1.82) is 0 Å². The molecule has 5 heteroatoms. The molecule has 1 fully saturated rings. The zero-order chi connectivity index (χ0) is 20.1. The van der Waals surface area contributed by atoms with Gasteiger partial charge in [-0.1, -0.05) is 49.4 Å². The first-order valence-electron chi connectivity index (χ1n) is 10.3. The van der Waals surface area contributed by atoms with Gasteiger partial charge in [0.15, 0.2) is 0 Å². The van der Waals surface area contributed by atoms with Crippen molar-refractivity contribution in [2.45, 2.75) is 25.7 Å². The molecule has 1 atom stereocenters. The van der Waals surface area contributed by atoms with Crippen LogP contribution < -0.4 is 5.32 Å². The highest BCUT2D eigenvalue weighted by atomic mass is 32.1. The SMILES string of the molecule is C[C@@H](CN1CCC(C(=O)Nc2cccc(-c3cscn3)c2)CC1)c1ccccc1. The number of amides is 1. The Morgan fingerprint density at radius 2 is 1.97 bits per heavy atom. The van der Waals surface area contributed by atoms with Gasteiger partial charge in [0.05, 0.1) is 11.2 Å². The molecule has 0 radical (unpaired) electrons. The van der Waals surface area contributed by atoms with Crippen LogP contribution in [0.1, 0.15) is 31.2 Å². The number of thiazole rings is 1. The topological polar surface area (TPSA) is 45.2 Å². The largest absolute Gasteiger partial charge is 0.326 e. The monoisotopic (exact) mass is 405 g/mol. The number of hydrogen-bond donors (Lipinski definition) is 1. The van der Waals surface area contributed by atoms with Crippen LogP contribution >= 0.6 is 11.3 Å². The fourth-order valence-corrected chi connectivity index (χ4v) is 4.57. The Labute approximate surface area is 176 Å². The summed E-state index contributed by atoms with van der Waals surface area (Å²) in [4.78, 5) is 19.6. The number of carbonyl (C=O) groups excluding carboxylic acids is 1. The lowest BCUT2D eigenvalue weighted by Gasteiger charge is -2.33. The lowest BCUT2D eigenvalue weighted by Crippen LogP contribution is -2.39. The Morgan fingerprint density at radius 1 is 1.17 bits per heavy atom. The van der Waals surface area contributed by atoms with Crippen molar-refractivity contribution in [2.75, 3.05) is 25.0 Å². The number of nitrogens with zero attached hydrogens (tertiary/aromatic N) is 2. The third-order valence-electron chi connectivity index (χ3n) is 5.72. The highest BCUT2D eigenvalue weighted by Crippen LogP contribution is 2.25. The molecular formula is C24H27N3OS. The van der Waals surface area contributed by atoms with Gasteiger partial charge in [0.2, 0.25) is 5.91 Å². The number of hydrogen-bond acceptors (Lipinski definition) is 4. The number of anilines is 1. The average molecular weight is 406 g/mol. The van der Waals surface area contributed by atoms with Crippen LogP contribution in [-0.4, -0.2) is 35.4 Å². The summed E-state index contributed by atoms with van der Waals surface area (Å²) in [7, 11) is 0. The Bertz CT molecular complexity index is 918. The van der Waals surface area contributed by atoms with E-state index in [1.54, 1.807) is 11.3 Å². The van der Waals surface area contributed by atoms with Crippen LogP contribution in [0.4, 0.5) is 5.69 Å². The molecule has 29 heavy (non-hydrogen) atoms. The minimum Gasteiger partial charge on any atom is -0.326 e. The van der Waals surface area contributed by atoms with E-state index in [-0.39, 0.29) is 11.8 Å². The van der Waals surface area contributed by atoms with Gasteiger partial charge in [-0.25, -0.2) is 4.98 Å². The zero-order valence-corrected chi connectivity index (χ0v) is 17.6. The minimum atomic E-state index is 0.0845. The normalized spacial score (nSPS) is 16.4. The molecular weight excluding hydrogens is 378 g/mol. The second-order valence-corrected chi connectivity index (χ2v) is 8.55. The van der Waals surface area contributed by atoms with Crippen molar-refractivity contribution in [3.05, 3.63) is 71.1 Å². The van der Waals surface area contributed by atoms with E-state index in [2.05, 4.69) is 52.5 Å².